The molecule has 2 rings (SSSR count). The minimum atomic E-state index is 0.101. The third kappa shape index (κ3) is 4.19. The van der Waals surface area contributed by atoms with Gasteiger partial charge in [0.05, 0.1) is 6.61 Å². The number of rotatable bonds is 6. The Kier molecular flexibility index (Phi) is 5.33. The maximum Gasteiger partial charge on any atom is 0.0681 e. The van der Waals surface area contributed by atoms with Gasteiger partial charge in [-0.05, 0) is 43.5 Å². The van der Waals surface area contributed by atoms with E-state index in [2.05, 4.69) is 55.6 Å². The van der Waals surface area contributed by atoms with Crippen LogP contribution in [0.2, 0.25) is 0 Å². The minimum absolute atomic E-state index is 0.101. The first kappa shape index (κ1) is 14.8. The number of aliphatic hydroxyl groups excluding tert-OH is 1. The summed E-state index contributed by atoms with van der Waals surface area (Å²) in [6.45, 7) is 5.34. The van der Waals surface area contributed by atoms with Crippen LogP contribution in [0.15, 0.2) is 48.5 Å². The Morgan fingerprint density at radius 2 is 1.80 bits per heavy atom. The van der Waals surface area contributed by atoms with Gasteiger partial charge in [-0.2, -0.15) is 0 Å². The van der Waals surface area contributed by atoms with Crippen LogP contribution in [-0.4, -0.2) is 11.7 Å². The van der Waals surface area contributed by atoms with Gasteiger partial charge in [0, 0.05) is 6.04 Å². The quantitative estimate of drug-likeness (QED) is 0.842. The fourth-order valence-electron chi connectivity index (χ4n) is 2.38. The highest BCUT2D eigenvalue weighted by atomic mass is 16.3. The van der Waals surface area contributed by atoms with Gasteiger partial charge in [0.25, 0.3) is 0 Å². The van der Waals surface area contributed by atoms with Crippen molar-refractivity contribution in [3.05, 3.63) is 70.8 Å². The lowest BCUT2D eigenvalue weighted by Gasteiger charge is -2.15. The van der Waals surface area contributed by atoms with E-state index in [9.17, 15) is 5.11 Å². The topological polar surface area (TPSA) is 32.3 Å². The summed E-state index contributed by atoms with van der Waals surface area (Å²) < 4.78 is 0. The third-order valence-corrected chi connectivity index (χ3v) is 3.58. The maximum absolute atomic E-state index is 9.17. The van der Waals surface area contributed by atoms with Gasteiger partial charge in [0.15, 0.2) is 0 Å². The fraction of sp³-hybridized carbons (Fsp3) is 0.333. The van der Waals surface area contributed by atoms with E-state index in [1.54, 1.807) is 0 Å². The summed E-state index contributed by atoms with van der Waals surface area (Å²) in [4.78, 5) is 0. The molecule has 20 heavy (non-hydrogen) atoms. The predicted octanol–water partition coefficient (Wildman–Crippen LogP) is 3.38. The van der Waals surface area contributed by atoms with Gasteiger partial charge < -0.3 is 10.4 Å². The van der Waals surface area contributed by atoms with E-state index in [0.29, 0.717) is 6.04 Å². The SMILES string of the molecule is Cc1cccc(CCNC(C)c2cccc(CO)c2)c1. The molecule has 0 heterocycles. The van der Waals surface area contributed by atoms with Crippen LogP contribution in [0.25, 0.3) is 0 Å². The Labute approximate surface area is 121 Å². The molecule has 2 N–H and O–H groups in total. The van der Waals surface area contributed by atoms with Gasteiger partial charge in [0.1, 0.15) is 0 Å². The van der Waals surface area contributed by atoms with Crippen molar-refractivity contribution in [2.24, 2.45) is 0 Å². The second-order valence-electron chi connectivity index (χ2n) is 5.32. The Morgan fingerprint density at radius 3 is 2.55 bits per heavy atom. The van der Waals surface area contributed by atoms with E-state index < -0.39 is 0 Å². The van der Waals surface area contributed by atoms with Gasteiger partial charge in [0.2, 0.25) is 0 Å². The number of aliphatic hydroxyl groups is 1. The summed E-state index contributed by atoms with van der Waals surface area (Å²) in [6, 6.07) is 17.0. The lowest BCUT2D eigenvalue weighted by molar-refractivity contribution is 0.281. The zero-order valence-corrected chi connectivity index (χ0v) is 12.3. The highest BCUT2D eigenvalue weighted by molar-refractivity contribution is 5.25. The molecule has 2 heteroatoms. The molecule has 1 unspecified atom stereocenters. The van der Waals surface area contributed by atoms with Gasteiger partial charge >= 0.3 is 0 Å². The molecule has 0 radical (unpaired) electrons. The van der Waals surface area contributed by atoms with E-state index in [1.807, 2.05) is 12.1 Å². The fourth-order valence-corrected chi connectivity index (χ4v) is 2.38. The molecular formula is C18H23NO. The van der Waals surface area contributed by atoms with Gasteiger partial charge in [-0.1, -0.05) is 54.1 Å². The van der Waals surface area contributed by atoms with Gasteiger partial charge in [-0.25, -0.2) is 0 Å². The molecule has 0 aliphatic carbocycles. The molecule has 106 valence electrons. The predicted molar refractivity (Wildman–Crippen MR) is 83.7 cm³/mol. The summed E-state index contributed by atoms with van der Waals surface area (Å²) >= 11 is 0. The smallest absolute Gasteiger partial charge is 0.0681 e. The Hall–Kier alpha value is -1.64. The Balaban J connectivity index is 1.87. The number of nitrogens with one attached hydrogen (secondary N) is 1. The lowest BCUT2D eigenvalue weighted by Crippen LogP contribution is -2.21. The monoisotopic (exact) mass is 269 g/mol. The number of benzene rings is 2. The third-order valence-electron chi connectivity index (χ3n) is 3.58. The molecule has 0 fully saturated rings. The zero-order valence-electron chi connectivity index (χ0n) is 12.3. The summed E-state index contributed by atoms with van der Waals surface area (Å²) in [5, 5.41) is 12.7. The maximum atomic E-state index is 9.17. The molecule has 0 spiro atoms. The molecular weight excluding hydrogens is 246 g/mol. The van der Waals surface area contributed by atoms with Gasteiger partial charge in [-0.3, -0.25) is 0 Å². The summed E-state index contributed by atoms with van der Waals surface area (Å²) in [6.07, 6.45) is 1.03. The van der Waals surface area contributed by atoms with E-state index >= 15 is 0 Å². The molecule has 0 aliphatic rings. The second kappa shape index (κ2) is 7.22. The normalized spacial score (nSPS) is 12.3. The minimum Gasteiger partial charge on any atom is -0.392 e. The van der Waals surface area contributed by atoms with E-state index in [4.69, 9.17) is 0 Å². The highest BCUT2D eigenvalue weighted by Gasteiger charge is 2.05. The van der Waals surface area contributed by atoms with Crippen molar-refractivity contribution in [3.8, 4) is 0 Å². The molecule has 1 atom stereocenters. The van der Waals surface area contributed by atoms with Crippen LogP contribution in [0.4, 0.5) is 0 Å². The summed E-state index contributed by atoms with van der Waals surface area (Å²) in [5.41, 5.74) is 4.87. The van der Waals surface area contributed by atoms with E-state index in [1.165, 1.54) is 16.7 Å². The van der Waals surface area contributed by atoms with Crippen molar-refractivity contribution < 1.29 is 5.11 Å². The van der Waals surface area contributed by atoms with E-state index in [-0.39, 0.29) is 6.61 Å². The van der Waals surface area contributed by atoms with Crippen LogP contribution in [0.3, 0.4) is 0 Å². The van der Waals surface area contributed by atoms with E-state index in [0.717, 1.165) is 18.5 Å². The lowest BCUT2D eigenvalue weighted by atomic mass is 10.0. The highest BCUT2D eigenvalue weighted by Crippen LogP contribution is 2.14. The van der Waals surface area contributed by atoms with Crippen molar-refractivity contribution in [1.29, 1.82) is 0 Å². The average Bonchev–Trinajstić information content (AvgIpc) is 2.47. The van der Waals surface area contributed by atoms with Crippen LogP contribution in [0.1, 0.15) is 35.2 Å². The van der Waals surface area contributed by atoms with Crippen LogP contribution in [0, 0.1) is 6.92 Å². The number of hydrogen-bond acceptors (Lipinski definition) is 2. The largest absolute Gasteiger partial charge is 0.392 e. The van der Waals surface area contributed by atoms with Gasteiger partial charge in [-0.15, -0.1) is 0 Å². The molecule has 2 nitrogen and oxygen atoms in total. The Bertz CT molecular complexity index is 551. The van der Waals surface area contributed by atoms with Crippen LogP contribution < -0.4 is 5.32 Å². The number of hydrogen-bond donors (Lipinski definition) is 2. The first-order chi connectivity index (χ1) is 9.69. The van der Waals surface area contributed by atoms with Crippen molar-refractivity contribution in [3.63, 3.8) is 0 Å². The van der Waals surface area contributed by atoms with Crippen molar-refractivity contribution in [2.45, 2.75) is 32.9 Å². The molecule has 0 amide bonds. The van der Waals surface area contributed by atoms with Crippen molar-refractivity contribution in [1.82, 2.24) is 5.32 Å². The average molecular weight is 269 g/mol. The van der Waals surface area contributed by atoms with Crippen LogP contribution >= 0.6 is 0 Å². The van der Waals surface area contributed by atoms with Crippen LogP contribution in [-0.2, 0) is 13.0 Å². The molecule has 0 bridgehead atoms. The molecule has 0 aromatic heterocycles. The standard InChI is InChI=1S/C18H23NO/c1-14-5-3-6-16(11-14)9-10-19-15(2)18-8-4-7-17(12-18)13-20/h3-8,11-12,15,19-20H,9-10,13H2,1-2H3. The molecule has 0 saturated carbocycles. The van der Waals surface area contributed by atoms with Crippen molar-refractivity contribution in [2.75, 3.05) is 6.54 Å². The first-order valence-electron chi connectivity index (χ1n) is 7.17. The van der Waals surface area contributed by atoms with Crippen molar-refractivity contribution >= 4 is 0 Å². The summed E-state index contributed by atoms with van der Waals surface area (Å²) in [5.74, 6) is 0. The molecule has 2 aromatic rings. The Morgan fingerprint density at radius 1 is 1.05 bits per heavy atom. The molecule has 0 aliphatic heterocycles. The van der Waals surface area contributed by atoms with Crippen LogP contribution in [0.5, 0.6) is 0 Å². The number of aryl methyl sites for hydroxylation is 1. The molecule has 0 saturated heterocycles. The second-order valence-corrected chi connectivity index (χ2v) is 5.32. The zero-order chi connectivity index (χ0) is 14.4. The molecule has 2 aromatic carbocycles. The first-order valence-corrected chi connectivity index (χ1v) is 7.17. The summed E-state index contributed by atoms with van der Waals surface area (Å²) in [7, 11) is 0.